The van der Waals surface area contributed by atoms with Gasteiger partial charge in [0.2, 0.25) is 0 Å². The first-order valence-electron chi connectivity index (χ1n) is 5.46. The van der Waals surface area contributed by atoms with Crippen LogP contribution in [0.25, 0.3) is 0 Å². The van der Waals surface area contributed by atoms with Gasteiger partial charge < -0.3 is 5.21 Å². The summed E-state index contributed by atoms with van der Waals surface area (Å²) in [5.41, 5.74) is 1.42. The molecule has 2 aromatic heterocycles. The number of carbonyl (C=O) groups is 1. The fraction of sp³-hybridized carbons (Fsp3) is 0.0833. The number of pyridine rings is 1. The number of thiazole rings is 1. The molecule has 0 spiro atoms. The van der Waals surface area contributed by atoms with Crippen LogP contribution >= 0.6 is 11.3 Å². The number of nitrogens with zero attached hydrogens (tertiary/aromatic N) is 4. The fourth-order valence-electron chi connectivity index (χ4n) is 1.30. The van der Waals surface area contributed by atoms with E-state index in [9.17, 15) is 4.79 Å². The maximum Gasteiger partial charge on any atom is 0.276 e. The number of amides is 1. The standard InChI is InChI=1S/C12H9N5O2S/c1-7(17-19)10-6-20-12(15-10)16-11(18)9-3-2-8(4-13)5-14-9/h2-3,5-6,19H,1H3,(H,15,16,18). The van der Waals surface area contributed by atoms with Crippen LogP contribution in [0.1, 0.15) is 28.7 Å². The summed E-state index contributed by atoms with van der Waals surface area (Å²) in [4.78, 5) is 19.9. The Labute approximate surface area is 118 Å². The van der Waals surface area contributed by atoms with Crippen LogP contribution in [0.4, 0.5) is 5.13 Å². The van der Waals surface area contributed by atoms with Crippen LogP contribution in [0.2, 0.25) is 0 Å². The molecule has 0 unspecified atom stereocenters. The van der Waals surface area contributed by atoms with Gasteiger partial charge in [0.05, 0.1) is 5.56 Å². The Balaban J connectivity index is 2.11. The number of hydrogen-bond acceptors (Lipinski definition) is 7. The van der Waals surface area contributed by atoms with Crippen molar-refractivity contribution in [3.05, 3.63) is 40.7 Å². The van der Waals surface area contributed by atoms with Gasteiger partial charge in [0.15, 0.2) is 5.13 Å². The third-order valence-electron chi connectivity index (χ3n) is 2.37. The van der Waals surface area contributed by atoms with E-state index in [0.29, 0.717) is 22.1 Å². The first-order valence-corrected chi connectivity index (χ1v) is 6.34. The lowest BCUT2D eigenvalue weighted by Gasteiger charge is -2.00. The van der Waals surface area contributed by atoms with Crippen molar-refractivity contribution in [2.45, 2.75) is 6.92 Å². The third kappa shape index (κ3) is 2.96. The number of nitriles is 1. The Morgan fingerprint density at radius 2 is 2.30 bits per heavy atom. The molecule has 0 saturated carbocycles. The van der Waals surface area contributed by atoms with Crippen molar-refractivity contribution in [3.8, 4) is 6.07 Å². The Kier molecular flexibility index (Phi) is 4.02. The Bertz CT molecular complexity index is 699. The zero-order valence-electron chi connectivity index (χ0n) is 10.4. The Hall–Kier alpha value is -2.79. The molecule has 2 heterocycles. The minimum atomic E-state index is -0.422. The first kappa shape index (κ1) is 13.6. The molecular formula is C12H9N5O2S. The Morgan fingerprint density at radius 1 is 1.50 bits per heavy atom. The minimum absolute atomic E-state index is 0.188. The zero-order valence-corrected chi connectivity index (χ0v) is 11.2. The van der Waals surface area contributed by atoms with Crippen molar-refractivity contribution in [3.63, 3.8) is 0 Å². The maximum absolute atomic E-state index is 11.9. The van der Waals surface area contributed by atoms with E-state index in [2.05, 4.69) is 20.4 Å². The van der Waals surface area contributed by atoms with Gasteiger partial charge in [-0.05, 0) is 19.1 Å². The van der Waals surface area contributed by atoms with Gasteiger partial charge in [0.1, 0.15) is 23.2 Å². The maximum atomic E-state index is 11.9. The largest absolute Gasteiger partial charge is 0.411 e. The highest BCUT2D eigenvalue weighted by atomic mass is 32.1. The van der Waals surface area contributed by atoms with Gasteiger partial charge in [-0.1, -0.05) is 5.16 Å². The molecule has 2 rings (SSSR count). The lowest BCUT2D eigenvalue weighted by atomic mass is 10.2. The van der Waals surface area contributed by atoms with E-state index in [1.165, 1.54) is 29.7 Å². The first-order chi connectivity index (χ1) is 9.63. The molecule has 0 radical (unpaired) electrons. The van der Waals surface area contributed by atoms with E-state index < -0.39 is 5.91 Å². The van der Waals surface area contributed by atoms with Crippen molar-refractivity contribution in [1.82, 2.24) is 9.97 Å². The molecule has 0 bridgehead atoms. The molecule has 0 fully saturated rings. The second-order valence-electron chi connectivity index (χ2n) is 3.72. The normalized spacial score (nSPS) is 10.9. The van der Waals surface area contributed by atoms with Crippen LogP contribution in [-0.2, 0) is 0 Å². The quantitative estimate of drug-likeness (QED) is 0.508. The van der Waals surface area contributed by atoms with Gasteiger partial charge in [-0.2, -0.15) is 5.26 Å². The van der Waals surface area contributed by atoms with Crippen molar-refractivity contribution < 1.29 is 10.0 Å². The molecular weight excluding hydrogens is 278 g/mol. The summed E-state index contributed by atoms with van der Waals surface area (Å²) in [5.74, 6) is -0.422. The number of anilines is 1. The number of aromatic nitrogens is 2. The van der Waals surface area contributed by atoms with Gasteiger partial charge in [-0.3, -0.25) is 10.1 Å². The van der Waals surface area contributed by atoms with Gasteiger partial charge in [0.25, 0.3) is 5.91 Å². The highest BCUT2D eigenvalue weighted by molar-refractivity contribution is 7.14. The highest BCUT2D eigenvalue weighted by Crippen LogP contribution is 2.16. The van der Waals surface area contributed by atoms with Crippen LogP contribution in [0, 0.1) is 11.3 Å². The van der Waals surface area contributed by atoms with Crippen LogP contribution in [0.3, 0.4) is 0 Å². The fourth-order valence-corrected chi connectivity index (χ4v) is 2.05. The molecule has 0 atom stereocenters. The number of oxime groups is 1. The average molecular weight is 287 g/mol. The van der Waals surface area contributed by atoms with Crippen molar-refractivity contribution in [2.24, 2.45) is 5.16 Å². The molecule has 1 amide bonds. The molecule has 0 saturated heterocycles. The second kappa shape index (κ2) is 5.90. The highest BCUT2D eigenvalue weighted by Gasteiger charge is 2.11. The monoisotopic (exact) mass is 287 g/mol. The van der Waals surface area contributed by atoms with Crippen LogP contribution < -0.4 is 5.32 Å². The zero-order chi connectivity index (χ0) is 14.5. The lowest BCUT2D eigenvalue weighted by molar-refractivity contribution is 0.102. The van der Waals surface area contributed by atoms with Crippen LogP contribution in [0.15, 0.2) is 28.9 Å². The Morgan fingerprint density at radius 3 is 2.90 bits per heavy atom. The predicted octanol–water partition coefficient (Wildman–Crippen LogP) is 1.86. The molecule has 2 N–H and O–H groups in total. The molecule has 8 heteroatoms. The van der Waals surface area contributed by atoms with E-state index in [1.807, 2.05) is 6.07 Å². The molecule has 2 aromatic rings. The summed E-state index contributed by atoms with van der Waals surface area (Å²) in [6.45, 7) is 1.60. The predicted molar refractivity (Wildman–Crippen MR) is 73.0 cm³/mol. The molecule has 20 heavy (non-hydrogen) atoms. The topological polar surface area (TPSA) is 111 Å². The summed E-state index contributed by atoms with van der Waals surface area (Å²) in [7, 11) is 0. The SMILES string of the molecule is CC(=NO)c1csc(NC(=O)c2ccc(C#N)cn2)n1. The number of rotatable bonds is 3. The van der Waals surface area contributed by atoms with Crippen molar-refractivity contribution in [2.75, 3.05) is 5.32 Å². The summed E-state index contributed by atoms with van der Waals surface area (Å²) in [6, 6.07) is 4.90. The molecule has 0 aliphatic rings. The molecule has 7 nitrogen and oxygen atoms in total. The molecule has 0 aliphatic heterocycles. The summed E-state index contributed by atoms with van der Waals surface area (Å²) >= 11 is 1.21. The second-order valence-corrected chi connectivity index (χ2v) is 4.58. The number of nitrogens with one attached hydrogen (secondary N) is 1. The number of carbonyl (C=O) groups excluding carboxylic acids is 1. The average Bonchev–Trinajstić information content (AvgIpc) is 2.95. The van der Waals surface area contributed by atoms with Gasteiger partial charge in [-0.15, -0.1) is 11.3 Å². The minimum Gasteiger partial charge on any atom is -0.411 e. The third-order valence-corrected chi connectivity index (χ3v) is 3.13. The lowest BCUT2D eigenvalue weighted by Crippen LogP contribution is -2.13. The van der Waals surface area contributed by atoms with Crippen molar-refractivity contribution in [1.29, 1.82) is 5.26 Å². The molecule has 0 aliphatic carbocycles. The van der Waals surface area contributed by atoms with Gasteiger partial charge >= 0.3 is 0 Å². The van der Waals surface area contributed by atoms with Gasteiger partial charge in [0, 0.05) is 11.6 Å². The van der Waals surface area contributed by atoms with Crippen molar-refractivity contribution >= 4 is 28.1 Å². The van der Waals surface area contributed by atoms with Crippen LogP contribution in [-0.4, -0.2) is 26.8 Å². The summed E-state index contributed by atoms with van der Waals surface area (Å²) < 4.78 is 0. The van der Waals surface area contributed by atoms with Gasteiger partial charge in [-0.25, -0.2) is 9.97 Å². The molecule has 0 aromatic carbocycles. The van der Waals surface area contributed by atoms with E-state index in [1.54, 1.807) is 12.3 Å². The van der Waals surface area contributed by atoms with E-state index in [4.69, 9.17) is 10.5 Å². The smallest absolute Gasteiger partial charge is 0.276 e. The number of hydrogen-bond donors (Lipinski definition) is 2. The van der Waals surface area contributed by atoms with Crippen LogP contribution in [0.5, 0.6) is 0 Å². The van der Waals surface area contributed by atoms with E-state index >= 15 is 0 Å². The molecule has 100 valence electrons. The summed E-state index contributed by atoms with van der Waals surface area (Å²) in [5, 5.41) is 24.9. The summed E-state index contributed by atoms with van der Waals surface area (Å²) in [6.07, 6.45) is 1.32. The van der Waals surface area contributed by atoms with E-state index in [-0.39, 0.29) is 5.69 Å². The van der Waals surface area contributed by atoms with E-state index in [0.717, 1.165) is 0 Å².